The average Bonchev–Trinajstić information content (AvgIpc) is 3.51. The standard InChI is InChI=1S/C21H13FN6S/c22-19-5-4-18(29-19)13-2-1-3-16-14(13)7-17(26-16)20-15-6-11(12-9-24-25-10-12)8-23-21(15)28-27-20/h1-10,26H,(H,24,25)(H,23,27,28). The largest absolute Gasteiger partial charge is 0.353 e. The minimum atomic E-state index is -0.190. The molecule has 0 atom stereocenters. The molecule has 0 fully saturated rings. The number of hydrogen-bond donors (Lipinski definition) is 3. The molecule has 140 valence electrons. The van der Waals surface area contributed by atoms with Crippen molar-refractivity contribution in [3.05, 3.63) is 66.2 Å². The van der Waals surface area contributed by atoms with E-state index in [-0.39, 0.29) is 5.13 Å². The predicted octanol–water partition coefficient (Wildman–Crippen LogP) is 5.36. The zero-order chi connectivity index (χ0) is 19.4. The van der Waals surface area contributed by atoms with Gasteiger partial charge in [-0.2, -0.15) is 14.6 Å². The van der Waals surface area contributed by atoms with Gasteiger partial charge in [0.1, 0.15) is 0 Å². The number of halogens is 1. The Bertz CT molecular complexity index is 1470. The van der Waals surface area contributed by atoms with Gasteiger partial charge in [-0.25, -0.2) is 4.98 Å². The molecule has 0 amide bonds. The lowest BCUT2D eigenvalue weighted by atomic mass is 10.1. The van der Waals surface area contributed by atoms with Gasteiger partial charge in [-0.1, -0.05) is 12.1 Å². The number of hydrogen-bond acceptors (Lipinski definition) is 4. The number of rotatable bonds is 3. The Morgan fingerprint density at radius 3 is 2.76 bits per heavy atom. The van der Waals surface area contributed by atoms with Crippen LogP contribution in [0.3, 0.4) is 0 Å². The lowest BCUT2D eigenvalue weighted by Crippen LogP contribution is -1.81. The Kier molecular flexibility index (Phi) is 3.41. The fourth-order valence-electron chi connectivity index (χ4n) is 3.64. The third-order valence-corrected chi connectivity index (χ3v) is 5.92. The van der Waals surface area contributed by atoms with Crippen molar-refractivity contribution in [3.8, 4) is 33.0 Å². The summed E-state index contributed by atoms with van der Waals surface area (Å²) in [6.45, 7) is 0. The fraction of sp³-hybridized carbons (Fsp3) is 0. The highest BCUT2D eigenvalue weighted by Crippen LogP contribution is 2.36. The second-order valence-corrected chi connectivity index (χ2v) is 7.77. The summed E-state index contributed by atoms with van der Waals surface area (Å²) in [4.78, 5) is 8.82. The van der Waals surface area contributed by atoms with Crippen molar-refractivity contribution in [2.45, 2.75) is 0 Å². The molecule has 0 aliphatic heterocycles. The van der Waals surface area contributed by atoms with E-state index in [1.54, 1.807) is 12.4 Å². The third kappa shape index (κ3) is 2.57. The van der Waals surface area contributed by atoms with Gasteiger partial charge >= 0.3 is 0 Å². The molecule has 1 aromatic carbocycles. The fourth-order valence-corrected chi connectivity index (χ4v) is 4.41. The summed E-state index contributed by atoms with van der Waals surface area (Å²) < 4.78 is 13.6. The van der Waals surface area contributed by atoms with Crippen molar-refractivity contribution in [1.82, 2.24) is 30.4 Å². The predicted molar refractivity (Wildman–Crippen MR) is 112 cm³/mol. The van der Waals surface area contributed by atoms with Crippen LogP contribution in [0, 0.1) is 5.13 Å². The molecule has 0 saturated heterocycles. The van der Waals surface area contributed by atoms with Gasteiger partial charge in [0.05, 0.1) is 17.6 Å². The Morgan fingerprint density at radius 1 is 0.966 bits per heavy atom. The molecule has 29 heavy (non-hydrogen) atoms. The number of aromatic nitrogens is 6. The Hall–Kier alpha value is -3.78. The van der Waals surface area contributed by atoms with Crippen molar-refractivity contribution in [3.63, 3.8) is 0 Å². The maximum atomic E-state index is 13.6. The first-order chi connectivity index (χ1) is 14.3. The minimum Gasteiger partial charge on any atom is -0.353 e. The number of nitrogens with zero attached hydrogens (tertiary/aromatic N) is 3. The molecular formula is C21H13FN6S. The van der Waals surface area contributed by atoms with Gasteiger partial charge in [-0.3, -0.25) is 10.2 Å². The van der Waals surface area contributed by atoms with Crippen LogP contribution in [0.4, 0.5) is 4.39 Å². The van der Waals surface area contributed by atoms with Crippen molar-refractivity contribution in [1.29, 1.82) is 0 Å². The Balaban J connectivity index is 1.53. The molecule has 0 saturated carbocycles. The smallest absolute Gasteiger partial charge is 0.181 e. The van der Waals surface area contributed by atoms with Gasteiger partial charge in [0.15, 0.2) is 10.8 Å². The van der Waals surface area contributed by atoms with E-state index in [1.165, 1.54) is 6.07 Å². The van der Waals surface area contributed by atoms with Crippen LogP contribution in [0.15, 0.2) is 61.1 Å². The summed E-state index contributed by atoms with van der Waals surface area (Å²) in [6, 6.07) is 13.4. The van der Waals surface area contributed by atoms with E-state index in [1.807, 2.05) is 36.5 Å². The highest BCUT2D eigenvalue weighted by Gasteiger charge is 2.15. The van der Waals surface area contributed by atoms with Gasteiger partial charge in [-0.05, 0) is 30.3 Å². The second-order valence-electron chi connectivity index (χ2n) is 6.73. The highest BCUT2D eigenvalue weighted by molar-refractivity contribution is 7.14. The first-order valence-electron chi connectivity index (χ1n) is 8.97. The minimum absolute atomic E-state index is 0.190. The van der Waals surface area contributed by atoms with Crippen LogP contribution < -0.4 is 0 Å². The molecule has 0 unspecified atom stereocenters. The van der Waals surface area contributed by atoms with E-state index < -0.39 is 0 Å². The van der Waals surface area contributed by atoms with E-state index in [9.17, 15) is 4.39 Å². The summed E-state index contributed by atoms with van der Waals surface area (Å²) in [5.41, 5.74) is 6.31. The van der Waals surface area contributed by atoms with E-state index >= 15 is 0 Å². The topological polar surface area (TPSA) is 86.0 Å². The number of fused-ring (bicyclic) bond motifs is 2. The SMILES string of the molecule is Fc1ccc(-c2cccc3[nH]c(-c4[nH]nc5ncc(-c6cn[nH]c6)cc45)cc23)s1. The maximum absolute atomic E-state index is 13.6. The first-order valence-corrected chi connectivity index (χ1v) is 9.79. The molecule has 0 spiro atoms. The summed E-state index contributed by atoms with van der Waals surface area (Å²) in [5, 5.41) is 16.0. The monoisotopic (exact) mass is 400 g/mol. The molecule has 0 bridgehead atoms. The average molecular weight is 400 g/mol. The summed E-state index contributed by atoms with van der Waals surface area (Å²) in [7, 11) is 0. The lowest BCUT2D eigenvalue weighted by Gasteiger charge is -1.98. The van der Waals surface area contributed by atoms with Crippen LogP contribution in [0.1, 0.15) is 0 Å². The van der Waals surface area contributed by atoms with Crippen LogP contribution in [0.2, 0.25) is 0 Å². The first kappa shape index (κ1) is 16.2. The van der Waals surface area contributed by atoms with Crippen molar-refractivity contribution >= 4 is 33.3 Å². The number of pyridine rings is 1. The van der Waals surface area contributed by atoms with Gasteiger partial charge < -0.3 is 4.98 Å². The van der Waals surface area contributed by atoms with Crippen LogP contribution in [0.25, 0.3) is 54.9 Å². The van der Waals surface area contributed by atoms with Crippen LogP contribution in [-0.4, -0.2) is 30.4 Å². The number of nitrogens with one attached hydrogen (secondary N) is 3. The van der Waals surface area contributed by atoms with E-state index in [0.29, 0.717) is 5.65 Å². The molecular weight excluding hydrogens is 387 g/mol. The maximum Gasteiger partial charge on any atom is 0.181 e. The number of thiophene rings is 1. The van der Waals surface area contributed by atoms with Crippen molar-refractivity contribution in [2.75, 3.05) is 0 Å². The molecule has 0 aliphatic rings. The van der Waals surface area contributed by atoms with Gasteiger partial charge in [0.25, 0.3) is 0 Å². The second kappa shape index (κ2) is 6.11. The molecule has 3 N–H and O–H groups in total. The van der Waals surface area contributed by atoms with Gasteiger partial charge in [0, 0.05) is 50.3 Å². The summed E-state index contributed by atoms with van der Waals surface area (Å²) in [5.74, 6) is 0. The normalized spacial score (nSPS) is 11.6. The summed E-state index contributed by atoms with van der Waals surface area (Å²) in [6.07, 6.45) is 5.38. The molecule has 6 aromatic rings. The van der Waals surface area contributed by atoms with Crippen LogP contribution in [-0.2, 0) is 0 Å². The van der Waals surface area contributed by atoms with E-state index in [0.717, 1.165) is 60.6 Å². The Labute approximate surface area is 167 Å². The highest BCUT2D eigenvalue weighted by atomic mass is 32.1. The Morgan fingerprint density at radius 2 is 1.93 bits per heavy atom. The lowest BCUT2D eigenvalue weighted by molar-refractivity contribution is 0.657. The number of benzene rings is 1. The van der Waals surface area contributed by atoms with E-state index in [4.69, 9.17) is 0 Å². The number of H-pyrrole nitrogens is 3. The number of aromatic amines is 3. The molecule has 0 aliphatic carbocycles. The van der Waals surface area contributed by atoms with Crippen LogP contribution in [0.5, 0.6) is 0 Å². The molecule has 5 heterocycles. The quantitative estimate of drug-likeness (QED) is 0.374. The summed E-state index contributed by atoms with van der Waals surface area (Å²) >= 11 is 1.15. The van der Waals surface area contributed by atoms with Gasteiger partial charge in [0.2, 0.25) is 0 Å². The molecule has 0 radical (unpaired) electrons. The van der Waals surface area contributed by atoms with Crippen molar-refractivity contribution in [2.24, 2.45) is 0 Å². The van der Waals surface area contributed by atoms with Gasteiger partial charge in [-0.15, -0.1) is 11.3 Å². The molecule has 5 aromatic heterocycles. The molecule has 6 nitrogen and oxygen atoms in total. The van der Waals surface area contributed by atoms with E-state index in [2.05, 4.69) is 36.4 Å². The third-order valence-electron chi connectivity index (χ3n) is 5.01. The zero-order valence-corrected chi connectivity index (χ0v) is 15.7. The van der Waals surface area contributed by atoms with Crippen LogP contribution >= 0.6 is 11.3 Å². The molecule has 6 rings (SSSR count). The van der Waals surface area contributed by atoms with Crippen molar-refractivity contribution < 1.29 is 4.39 Å². The molecule has 8 heteroatoms. The zero-order valence-electron chi connectivity index (χ0n) is 14.9.